The lowest BCUT2D eigenvalue weighted by atomic mass is 10.2. The summed E-state index contributed by atoms with van der Waals surface area (Å²) >= 11 is 0. The molecule has 31 heavy (non-hydrogen) atoms. The third-order valence-corrected chi connectivity index (χ3v) is 4.36. The Morgan fingerprint density at radius 1 is 0.968 bits per heavy atom. The van der Waals surface area contributed by atoms with Crippen molar-refractivity contribution in [3.05, 3.63) is 44.5 Å². The van der Waals surface area contributed by atoms with E-state index in [1.807, 2.05) is 18.2 Å². The molecular weight excluding hydrogens is 414 g/mol. The molecule has 1 N–H and O–H groups in total. The van der Waals surface area contributed by atoms with Gasteiger partial charge in [-0.15, -0.1) is 20.2 Å². The predicted molar refractivity (Wildman–Crippen MR) is 110 cm³/mol. The van der Waals surface area contributed by atoms with Gasteiger partial charge in [0.15, 0.2) is 11.5 Å². The molecule has 2 aromatic rings. The number of ether oxygens (including phenoxy) is 2. The Bertz CT molecular complexity index is 861. The van der Waals surface area contributed by atoms with Crippen LogP contribution in [0.2, 0.25) is 0 Å². The van der Waals surface area contributed by atoms with Gasteiger partial charge in [0.1, 0.15) is 19.0 Å². The van der Waals surface area contributed by atoms with Gasteiger partial charge in [0.2, 0.25) is 0 Å². The molecular formula is C18H25N5O8. The van der Waals surface area contributed by atoms with Crippen LogP contribution in [-0.2, 0) is 9.68 Å². The maximum atomic E-state index is 10.3. The van der Waals surface area contributed by atoms with E-state index in [1.54, 1.807) is 25.2 Å². The lowest BCUT2D eigenvalue weighted by Crippen LogP contribution is -2.33. The van der Waals surface area contributed by atoms with Crippen molar-refractivity contribution in [3.8, 4) is 11.5 Å². The molecule has 1 aromatic heterocycles. The largest absolute Gasteiger partial charge is 0.493 e. The summed E-state index contributed by atoms with van der Waals surface area (Å²) in [7, 11) is 3.13. The van der Waals surface area contributed by atoms with Crippen molar-refractivity contribution in [1.29, 1.82) is 0 Å². The summed E-state index contributed by atoms with van der Waals surface area (Å²) < 4.78 is 10.6. The van der Waals surface area contributed by atoms with Crippen molar-refractivity contribution in [2.75, 3.05) is 58.9 Å². The lowest BCUT2D eigenvalue weighted by molar-refractivity contribution is -0.758. The Labute approximate surface area is 178 Å². The number of hydrogen-bond donors (Lipinski definition) is 1. The smallest absolute Gasteiger partial charge is 0.294 e. The molecule has 0 aliphatic rings. The fraction of sp³-hybridized carbons (Fsp3) is 0.500. The van der Waals surface area contributed by atoms with E-state index in [-0.39, 0.29) is 26.3 Å². The number of benzene rings is 1. The van der Waals surface area contributed by atoms with Crippen LogP contribution in [0.25, 0.3) is 10.9 Å². The zero-order valence-electron chi connectivity index (χ0n) is 17.3. The highest BCUT2D eigenvalue weighted by Crippen LogP contribution is 2.31. The van der Waals surface area contributed by atoms with Gasteiger partial charge in [0.25, 0.3) is 10.2 Å². The maximum Gasteiger partial charge on any atom is 0.294 e. The molecule has 170 valence electrons. The normalized spacial score (nSPS) is 10.7. The van der Waals surface area contributed by atoms with Gasteiger partial charge in [0, 0.05) is 31.1 Å². The van der Waals surface area contributed by atoms with Crippen LogP contribution in [-0.4, -0.2) is 73.7 Å². The quantitative estimate of drug-likeness (QED) is 0.245. The van der Waals surface area contributed by atoms with Crippen LogP contribution < -0.4 is 14.8 Å². The van der Waals surface area contributed by atoms with Crippen LogP contribution in [0.1, 0.15) is 6.42 Å². The first-order valence-corrected chi connectivity index (χ1v) is 9.46. The highest BCUT2D eigenvalue weighted by molar-refractivity contribution is 5.84. The van der Waals surface area contributed by atoms with E-state index in [9.17, 15) is 20.2 Å². The van der Waals surface area contributed by atoms with Gasteiger partial charge in [0.05, 0.1) is 19.7 Å². The zero-order chi connectivity index (χ0) is 22.6. The third kappa shape index (κ3) is 7.97. The molecule has 0 saturated heterocycles. The van der Waals surface area contributed by atoms with Gasteiger partial charge in [-0.05, 0) is 31.2 Å². The molecule has 0 aliphatic carbocycles. The lowest BCUT2D eigenvalue weighted by Gasteiger charge is -2.21. The Morgan fingerprint density at radius 3 is 2.16 bits per heavy atom. The molecule has 0 bridgehead atoms. The van der Waals surface area contributed by atoms with Crippen LogP contribution in [0, 0.1) is 20.2 Å². The van der Waals surface area contributed by atoms with Gasteiger partial charge in [-0.1, -0.05) is 0 Å². The summed E-state index contributed by atoms with van der Waals surface area (Å²) in [6, 6.07) is 7.42. The van der Waals surface area contributed by atoms with Crippen molar-refractivity contribution in [3.63, 3.8) is 0 Å². The second-order valence-electron chi connectivity index (χ2n) is 6.33. The molecule has 0 aliphatic heterocycles. The van der Waals surface area contributed by atoms with Crippen molar-refractivity contribution in [2.24, 2.45) is 0 Å². The highest BCUT2D eigenvalue weighted by Gasteiger charge is 2.09. The van der Waals surface area contributed by atoms with Crippen LogP contribution in [0.4, 0.5) is 5.82 Å². The average Bonchev–Trinajstić information content (AvgIpc) is 2.74. The Morgan fingerprint density at radius 2 is 1.58 bits per heavy atom. The summed E-state index contributed by atoms with van der Waals surface area (Å²) in [5, 5.41) is 23.0. The van der Waals surface area contributed by atoms with Crippen LogP contribution >= 0.6 is 0 Å². The van der Waals surface area contributed by atoms with Gasteiger partial charge in [-0.2, -0.15) is 0 Å². The summed E-state index contributed by atoms with van der Waals surface area (Å²) in [6.45, 7) is 1.35. The minimum Gasteiger partial charge on any atom is -0.493 e. The van der Waals surface area contributed by atoms with E-state index in [0.29, 0.717) is 36.8 Å². The van der Waals surface area contributed by atoms with Crippen molar-refractivity contribution in [1.82, 2.24) is 9.88 Å². The number of nitrogens with one attached hydrogen (secondary N) is 1. The molecule has 13 heteroatoms. The van der Waals surface area contributed by atoms with Crippen LogP contribution in [0.15, 0.2) is 24.3 Å². The number of methoxy groups -OCH3 is 2. The monoisotopic (exact) mass is 439 g/mol. The molecule has 0 unspecified atom stereocenters. The van der Waals surface area contributed by atoms with Crippen LogP contribution in [0.3, 0.4) is 0 Å². The third-order valence-electron chi connectivity index (χ3n) is 4.36. The van der Waals surface area contributed by atoms with Gasteiger partial charge in [-0.3, -0.25) is 4.90 Å². The van der Waals surface area contributed by atoms with E-state index in [0.717, 1.165) is 10.9 Å². The summed E-state index contributed by atoms with van der Waals surface area (Å²) in [5.74, 6) is 1.89. The molecule has 0 atom stereocenters. The number of pyridine rings is 1. The van der Waals surface area contributed by atoms with E-state index >= 15 is 0 Å². The first kappa shape index (κ1) is 23.7. The molecule has 2 rings (SSSR count). The number of anilines is 1. The summed E-state index contributed by atoms with van der Waals surface area (Å²) in [6.07, 6.45) is 0.669. The average molecular weight is 439 g/mol. The number of nitrogens with zero attached hydrogens (tertiary/aromatic N) is 4. The molecule has 0 fully saturated rings. The van der Waals surface area contributed by atoms with Crippen LogP contribution in [0.5, 0.6) is 11.5 Å². The molecule has 0 amide bonds. The molecule has 0 radical (unpaired) electrons. The Hall–Kier alpha value is -3.61. The second kappa shape index (κ2) is 12.2. The minimum atomic E-state index is -0.872. The predicted octanol–water partition coefficient (Wildman–Crippen LogP) is 1.77. The fourth-order valence-electron chi connectivity index (χ4n) is 2.89. The fourth-order valence-corrected chi connectivity index (χ4v) is 2.89. The second-order valence-corrected chi connectivity index (χ2v) is 6.33. The topological polar surface area (TPSA) is 151 Å². The molecule has 0 spiro atoms. The van der Waals surface area contributed by atoms with Crippen molar-refractivity contribution < 1.29 is 29.3 Å². The van der Waals surface area contributed by atoms with Crippen molar-refractivity contribution >= 4 is 16.7 Å². The minimum absolute atomic E-state index is 0.129. The molecule has 1 aromatic carbocycles. The van der Waals surface area contributed by atoms with Gasteiger partial charge < -0.3 is 24.5 Å². The van der Waals surface area contributed by atoms with E-state index in [2.05, 4.69) is 20.0 Å². The van der Waals surface area contributed by atoms with E-state index in [1.165, 1.54) is 0 Å². The maximum absolute atomic E-state index is 10.3. The number of aromatic nitrogens is 1. The molecule has 0 saturated carbocycles. The summed E-state index contributed by atoms with van der Waals surface area (Å²) in [4.78, 5) is 35.6. The SMILES string of the molecule is COc1cc2ccc(NCCCN(CCO[N+](=O)[O-])CCO[N+](=O)[O-])nc2cc1OC. The number of rotatable bonds is 15. The number of hydrogen-bond acceptors (Lipinski definition) is 11. The van der Waals surface area contributed by atoms with Gasteiger partial charge >= 0.3 is 0 Å². The molecule has 1 heterocycles. The Balaban J connectivity index is 1.87. The van der Waals surface area contributed by atoms with E-state index < -0.39 is 10.2 Å². The first-order chi connectivity index (χ1) is 14.9. The zero-order valence-corrected chi connectivity index (χ0v) is 17.3. The standard InChI is InChI=1S/C18H25N5O8/c1-28-16-12-14-4-5-18(20-15(14)13-17(16)29-2)19-6-3-7-21(8-10-30-22(24)25)9-11-31-23(26)27/h4-5,12-13H,3,6-11H2,1-2H3,(H,19,20). The Kier molecular flexibility index (Phi) is 9.29. The van der Waals surface area contributed by atoms with E-state index in [4.69, 9.17) is 9.47 Å². The highest BCUT2D eigenvalue weighted by atomic mass is 17.0. The molecule has 13 nitrogen and oxygen atoms in total. The van der Waals surface area contributed by atoms with Crippen molar-refractivity contribution in [2.45, 2.75) is 6.42 Å². The number of fused-ring (bicyclic) bond motifs is 1. The first-order valence-electron chi connectivity index (χ1n) is 9.46. The van der Waals surface area contributed by atoms with Gasteiger partial charge in [-0.25, -0.2) is 4.98 Å². The summed E-state index contributed by atoms with van der Waals surface area (Å²) in [5.41, 5.74) is 0.748.